The monoisotopic (exact) mass is 390 g/mol. The minimum absolute atomic E-state index is 0.0162. The van der Waals surface area contributed by atoms with Gasteiger partial charge in [0, 0.05) is 30.9 Å². The lowest BCUT2D eigenvalue weighted by molar-refractivity contribution is 0.0970. The standard InChI is InChI=1S/C18H18N2O6S/c21-15(13-3-5-16-17(9-13)26-12-25-16)11-19-10-14(4-6-18(19)22)27(23,24)20-7-1-2-8-20/h3-6,9-10H,1-2,7-8,11-12H2. The maximum atomic E-state index is 12.7. The molecule has 0 amide bonds. The Balaban J connectivity index is 1.60. The number of fused-ring (bicyclic) bond motifs is 1. The van der Waals surface area contributed by atoms with Crippen molar-refractivity contribution in [2.75, 3.05) is 19.9 Å². The van der Waals surface area contributed by atoms with Crippen molar-refractivity contribution in [2.45, 2.75) is 24.3 Å². The van der Waals surface area contributed by atoms with Crippen LogP contribution in [-0.2, 0) is 16.6 Å². The third kappa shape index (κ3) is 3.35. The lowest BCUT2D eigenvalue weighted by Crippen LogP contribution is -2.30. The summed E-state index contributed by atoms with van der Waals surface area (Å²) in [5, 5.41) is 0. The molecule has 1 fully saturated rings. The number of hydrogen-bond donors (Lipinski definition) is 0. The van der Waals surface area contributed by atoms with Crippen LogP contribution in [0, 0.1) is 0 Å². The van der Waals surface area contributed by atoms with E-state index < -0.39 is 15.6 Å². The van der Waals surface area contributed by atoms with E-state index in [2.05, 4.69) is 0 Å². The van der Waals surface area contributed by atoms with Crippen molar-refractivity contribution >= 4 is 15.8 Å². The smallest absolute Gasteiger partial charge is 0.251 e. The van der Waals surface area contributed by atoms with Gasteiger partial charge in [0.1, 0.15) is 0 Å². The first-order valence-electron chi connectivity index (χ1n) is 8.59. The van der Waals surface area contributed by atoms with Gasteiger partial charge in [-0.15, -0.1) is 0 Å². The van der Waals surface area contributed by atoms with Gasteiger partial charge in [0.25, 0.3) is 5.56 Å². The van der Waals surface area contributed by atoms with Gasteiger partial charge in [-0.05, 0) is 37.1 Å². The maximum absolute atomic E-state index is 12.7. The van der Waals surface area contributed by atoms with Gasteiger partial charge in [-0.3, -0.25) is 9.59 Å². The van der Waals surface area contributed by atoms with E-state index in [4.69, 9.17) is 9.47 Å². The maximum Gasteiger partial charge on any atom is 0.251 e. The topological polar surface area (TPSA) is 94.9 Å². The number of Topliss-reactive ketones (excluding diaryl/α,β-unsaturated/α-hetero) is 1. The summed E-state index contributed by atoms with van der Waals surface area (Å²) in [6.07, 6.45) is 2.88. The van der Waals surface area contributed by atoms with Crippen molar-refractivity contribution in [3.8, 4) is 11.5 Å². The first-order valence-corrected chi connectivity index (χ1v) is 10.0. The van der Waals surface area contributed by atoms with E-state index >= 15 is 0 Å². The Morgan fingerprint density at radius 2 is 1.78 bits per heavy atom. The Bertz CT molecular complexity index is 1050. The minimum Gasteiger partial charge on any atom is -0.454 e. The lowest BCUT2D eigenvalue weighted by Gasteiger charge is -2.16. The fraction of sp³-hybridized carbons (Fsp3) is 0.333. The molecule has 2 aliphatic rings. The number of ketones is 1. The molecule has 27 heavy (non-hydrogen) atoms. The number of pyridine rings is 1. The molecule has 0 unspecified atom stereocenters. The molecule has 0 saturated carbocycles. The summed E-state index contributed by atoms with van der Waals surface area (Å²) in [6, 6.07) is 7.24. The second-order valence-corrected chi connectivity index (χ2v) is 8.37. The zero-order valence-electron chi connectivity index (χ0n) is 14.5. The quantitative estimate of drug-likeness (QED) is 0.713. The van der Waals surface area contributed by atoms with Crippen LogP contribution >= 0.6 is 0 Å². The summed E-state index contributed by atoms with van der Waals surface area (Å²) in [6.45, 7) is 0.778. The summed E-state index contributed by atoms with van der Waals surface area (Å²) in [5.74, 6) is 0.701. The van der Waals surface area contributed by atoms with Crippen LogP contribution in [0.4, 0.5) is 0 Å². The molecule has 9 heteroatoms. The zero-order valence-corrected chi connectivity index (χ0v) is 15.3. The van der Waals surface area contributed by atoms with Gasteiger partial charge in [0.05, 0.1) is 11.4 Å². The molecular weight excluding hydrogens is 372 g/mol. The van der Waals surface area contributed by atoms with Crippen LogP contribution in [0.1, 0.15) is 23.2 Å². The molecule has 2 aliphatic heterocycles. The van der Waals surface area contributed by atoms with Gasteiger partial charge >= 0.3 is 0 Å². The van der Waals surface area contributed by atoms with Crippen molar-refractivity contribution in [1.29, 1.82) is 0 Å². The molecule has 4 rings (SSSR count). The van der Waals surface area contributed by atoms with Gasteiger partial charge in [0.15, 0.2) is 17.3 Å². The Hall–Kier alpha value is -2.65. The molecule has 1 aromatic heterocycles. The van der Waals surface area contributed by atoms with Gasteiger partial charge in [-0.25, -0.2) is 8.42 Å². The number of aromatic nitrogens is 1. The predicted octanol–water partition coefficient (Wildman–Crippen LogP) is 1.24. The first kappa shape index (κ1) is 17.7. The average Bonchev–Trinajstić information content (AvgIpc) is 3.34. The molecule has 1 saturated heterocycles. The molecule has 0 aliphatic carbocycles. The van der Waals surface area contributed by atoms with E-state index in [0.717, 1.165) is 17.4 Å². The summed E-state index contributed by atoms with van der Waals surface area (Å²) in [4.78, 5) is 24.7. The minimum atomic E-state index is -3.66. The number of carbonyl (C=O) groups is 1. The van der Waals surface area contributed by atoms with E-state index in [0.29, 0.717) is 30.2 Å². The van der Waals surface area contributed by atoms with E-state index in [1.54, 1.807) is 18.2 Å². The fourth-order valence-electron chi connectivity index (χ4n) is 3.18. The summed E-state index contributed by atoms with van der Waals surface area (Å²) in [5.41, 5.74) is -0.0802. The Morgan fingerprint density at radius 3 is 2.56 bits per heavy atom. The number of sulfonamides is 1. The third-order valence-electron chi connectivity index (χ3n) is 4.67. The number of carbonyl (C=O) groups excluding carboxylic acids is 1. The van der Waals surface area contributed by atoms with Crippen molar-refractivity contribution in [1.82, 2.24) is 8.87 Å². The molecule has 0 atom stereocenters. The lowest BCUT2D eigenvalue weighted by atomic mass is 10.1. The summed E-state index contributed by atoms with van der Waals surface area (Å²) in [7, 11) is -3.66. The van der Waals surface area contributed by atoms with Crippen molar-refractivity contribution < 1.29 is 22.7 Å². The van der Waals surface area contributed by atoms with Crippen LogP contribution in [0.15, 0.2) is 46.2 Å². The van der Waals surface area contributed by atoms with Crippen LogP contribution in [0.5, 0.6) is 11.5 Å². The SMILES string of the molecule is O=C(Cn1cc(S(=O)(=O)N2CCCC2)ccc1=O)c1ccc2c(c1)OCO2. The highest BCUT2D eigenvalue weighted by Crippen LogP contribution is 2.32. The third-order valence-corrected chi connectivity index (χ3v) is 6.55. The Labute approximate surface area is 156 Å². The molecule has 0 N–H and O–H groups in total. The van der Waals surface area contributed by atoms with E-state index in [1.807, 2.05) is 0 Å². The van der Waals surface area contributed by atoms with Crippen LogP contribution in [0.2, 0.25) is 0 Å². The van der Waals surface area contributed by atoms with Gasteiger partial charge < -0.3 is 14.0 Å². The summed E-state index contributed by atoms with van der Waals surface area (Å²) < 4.78 is 38.3. The van der Waals surface area contributed by atoms with Crippen molar-refractivity contribution in [2.24, 2.45) is 0 Å². The number of rotatable bonds is 5. The highest BCUT2D eigenvalue weighted by molar-refractivity contribution is 7.89. The van der Waals surface area contributed by atoms with E-state index in [1.165, 1.54) is 22.6 Å². The summed E-state index contributed by atoms with van der Waals surface area (Å²) >= 11 is 0. The first-order chi connectivity index (χ1) is 12.9. The largest absolute Gasteiger partial charge is 0.454 e. The van der Waals surface area contributed by atoms with Crippen LogP contribution in [-0.4, -0.2) is 43.0 Å². The molecule has 142 valence electrons. The molecule has 2 aromatic rings. The molecule has 3 heterocycles. The second kappa shape index (κ2) is 6.82. The van der Waals surface area contributed by atoms with Gasteiger partial charge in [0.2, 0.25) is 16.8 Å². The molecule has 1 aromatic carbocycles. The number of hydrogen-bond acceptors (Lipinski definition) is 6. The number of benzene rings is 1. The fourth-order valence-corrected chi connectivity index (χ4v) is 4.72. The molecule has 0 spiro atoms. The molecule has 0 radical (unpaired) electrons. The second-order valence-electron chi connectivity index (χ2n) is 6.43. The normalized spacial score (nSPS) is 16.6. The van der Waals surface area contributed by atoms with Crippen LogP contribution in [0.25, 0.3) is 0 Å². The van der Waals surface area contributed by atoms with Gasteiger partial charge in [-0.1, -0.05) is 0 Å². The van der Waals surface area contributed by atoms with E-state index in [9.17, 15) is 18.0 Å². The van der Waals surface area contributed by atoms with Crippen molar-refractivity contribution in [3.63, 3.8) is 0 Å². The zero-order chi connectivity index (χ0) is 19.0. The number of ether oxygens (including phenoxy) is 2. The molecular formula is C18H18N2O6S. The predicted molar refractivity (Wildman–Crippen MR) is 95.6 cm³/mol. The van der Waals surface area contributed by atoms with E-state index in [-0.39, 0.29) is 24.0 Å². The Morgan fingerprint density at radius 1 is 1.04 bits per heavy atom. The highest BCUT2D eigenvalue weighted by atomic mass is 32.2. The van der Waals surface area contributed by atoms with Crippen molar-refractivity contribution in [3.05, 3.63) is 52.4 Å². The van der Waals surface area contributed by atoms with Gasteiger partial charge in [-0.2, -0.15) is 4.31 Å². The average molecular weight is 390 g/mol. The van der Waals surface area contributed by atoms with Crippen LogP contribution < -0.4 is 15.0 Å². The van der Waals surface area contributed by atoms with Crippen LogP contribution in [0.3, 0.4) is 0 Å². The Kier molecular flexibility index (Phi) is 4.48. The number of nitrogens with zero attached hydrogens (tertiary/aromatic N) is 2. The molecule has 8 nitrogen and oxygen atoms in total. The molecule has 0 bridgehead atoms. The highest BCUT2D eigenvalue weighted by Gasteiger charge is 2.28.